The molecule has 1 fully saturated rings. The van der Waals surface area contributed by atoms with Crippen LogP contribution in [0.3, 0.4) is 0 Å². The quantitative estimate of drug-likeness (QED) is 0.682. The predicted octanol–water partition coefficient (Wildman–Crippen LogP) is 2.79. The van der Waals surface area contributed by atoms with Crippen LogP contribution in [0.5, 0.6) is 0 Å². The molecule has 2 aliphatic heterocycles. The van der Waals surface area contributed by atoms with Gasteiger partial charge in [0, 0.05) is 25.3 Å². The highest BCUT2D eigenvalue weighted by atomic mass is 32.2. The van der Waals surface area contributed by atoms with Gasteiger partial charge in [0.15, 0.2) is 0 Å². The first-order valence-corrected chi connectivity index (χ1v) is 13.3. The van der Waals surface area contributed by atoms with E-state index < -0.39 is 26.1 Å². The first-order valence-electron chi connectivity index (χ1n) is 10.4. The van der Waals surface area contributed by atoms with E-state index in [-0.39, 0.29) is 22.9 Å². The normalized spacial score (nSPS) is 16.7. The van der Waals surface area contributed by atoms with Crippen molar-refractivity contribution in [2.75, 3.05) is 35.9 Å². The molecule has 1 saturated heterocycles. The molecule has 11 heteroatoms. The Labute approximate surface area is 188 Å². The number of nitrogens with one attached hydrogen (secondary N) is 1. The third kappa shape index (κ3) is 4.19. The Balaban J connectivity index is 1.56. The number of hydrogen-bond donors (Lipinski definition) is 1. The zero-order valence-corrected chi connectivity index (χ0v) is 19.3. The summed E-state index contributed by atoms with van der Waals surface area (Å²) in [5.74, 6) is 0. The van der Waals surface area contributed by atoms with Crippen LogP contribution in [-0.4, -0.2) is 53.5 Å². The second kappa shape index (κ2) is 8.72. The van der Waals surface area contributed by atoms with Gasteiger partial charge in [0.2, 0.25) is 10.0 Å². The number of nitrogens with zero attached hydrogens (tertiary/aromatic N) is 2. The largest absolute Gasteiger partial charge is 0.450 e. The predicted molar refractivity (Wildman–Crippen MR) is 120 cm³/mol. The summed E-state index contributed by atoms with van der Waals surface area (Å²) in [5.41, 5.74) is 1.59. The fourth-order valence-corrected chi connectivity index (χ4v) is 7.03. The molecule has 0 atom stereocenters. The standard InChI is InChI=1S/C21H25N3O6S2/c1-2-30-21(25)22-17-5-7-18(8-6-17)32(28,29)24-14-11-16-15-19(9-10-20(16)24)31(26,27)23-12-3-4-13-23/h5-10,15H,2-4,11-14H2,1H3,(H,22,25). The highest BCUT2D eigenvalue weighted by Crippen LogP contribution is 2.35. The summed E-state index contributed by atoms with van der Waals surface area (Å²) in [6, 6.07) is 10.5. The monoisotopic (exact) mass is 479 g/mol. The molecule has 4 rings (SSSR count). The molecule has 0 aliphatic carbocycles. The second-order valence-electron chi connectivity index (χ2n) is 7.60. The van der Waals surface area contributed by atoms with E-state index in [1.807, 2.05) is 0 Å². The minimum atomic E-state index is -3.84. The highest BCUT2D eigenvalue weighted by molar-refractivity contribution is 7.92. The van der Waals surface area contributed by atoms with Gasteiger partial charge in [-0.2, -0.15) is 4.31 Å². The van der Waals surface area contributed by atoms with Gasteiger partial charge in [0.25, 0.3) is 10.0 Å². The van der Waals surface area contributed by atoms with Crippen molar-refractivity contribution < 1.29 is 26.4 Å². The number of carbonyl (C=O) groups is 1. The van der Waals surface area contributed by atoms with Gasteiger partial charge in [-0.25, -0.2) is 21.6 Å². The topological polar surface area (TPSA) is 113 Å². The van der Waals surface area contributed by atoms with E-state index in [9.17, 15) is 21.6 Å². The zero-order valence-electron chi connectivity index (χ0n) is 17.7. The van der Waals surface area contributed by atoms with Crippen LogP contribution < -0.4 is 9.62 Å². The molecule has 2 aromatic carbocycles. The molecule has 9 nitrogen and oxygen atoms in total. The lowest BCUT2D eigenvalue weighted by atomic mass is 10.2. The first kappa shape index (κ1) is 22.6. The van der Waals surface area contributed by atoms with E-state index >= 15 is 0 Å². The Morgan fingerprint density at radius 1 is 0.938 bits per heavy atom. The van der Waals surface area contributed by atoms with Crippen molar-refractivity contribution in [3.8, 4) is 0 Å². The van der Waals surface area contributed by atoms with Gasteiger partial charge in [-0.3, -0.25) is 9.62 Å². The molecule has 0 saturated carbocycles. The number of benzene rings is 2. The summed E-state index contributed by atoms with van der Waals surface area (Å²) in [6.07, 6.45) is 1.52. The van der Waals surface area contributed by atoms with Crippen molar-refractivity contribution in [2.45, 2.75) is 36.0 Å². The molecule has 172 valence electrons. The average molecular weight is 480 g/mol. The van der Waals surface area contributed by atoms with Crippen LogP contribution in [0.15, 0.2) is 52.3 Å². The van der Waals surface area contributed by atoms with Crippen LogP contribution >= 0.6 is 0 Å². The van der Waals surface area contributed by atoms with Crippen LogP contribution in [0.25, 0.3) is 0 Å². The van der Waals surface area contributed by atoms with Crippen LogP contribution in [0.4, 0.5) is 16.2 Å². The Bertz CT molecular complexity index is 1220. The molecular formula is C21H25N3O6S2. The number of carbonyl (C=O) groups excluding carboxylic acids is 1. The number of sulfonamides is 2. The molecule has 0 radical (unpaired) electrons. The smallest absolute Gasteiger partial charge is 0.411 e. The van der Waals surface area contributed by atoms with Gasteiger partial charge in [-0.05, 0) is 74.2 Å². The van der Waals surface area contributed by atoms with Crippen molar-refractivity contribution in [1.82, 2.24) is 4.31 Å². The number of hydrogen-bond acceptors (Lipinski definition) is 6. The number of amides is 1. The van der Waals surface area contributed by atoms with Crippen LogP contribution in [0, 0.1) is 0 Å². The van der Waals surface area contributed by atoms with Crippen LogP contribution in [-0.2, 0) is 31.2 Å². The number of fused-ring (bicyclic) bond motifs is 1. The van der Waals surface area contributed by atoms with E-state index in [1.54, 1.807) is 19.1 Å². The molecule has 1 N–H and O–H groups in total. The SMILES string of the molecule is CCOC(=O)Nc1ccc(S(=O)(=O)N2CCc3cc(S(=O)(=O)N4CCCC4)ccc32)cc1. The second-order valence-corrected chi connectivity index (χ2v) is 11.4. The fourth-order valence-electron chi connectivity index (χ4n) is 3.96. The maximum absolute atomic E-state index is 13.2. The summed E-state index contributed by atoms with van der Waals surface area (Å²) in [4.78, 5) is 11.8. The van der Waals surface area contributed by atoms with Gasteiger partial charge in [-0.1, -0.05) is 0 Å². The number of ether oxygens (including phenoxy) is 1. The van der Waals surface area contributed by atoms with Gasteiger partial charge in [0.1, 0.15) is 0 Å². The minimum Gasteiger partial charge on any atom is -0.450 e. The molecule has 0 spiro atoms. The van der Waals surface area contributed by atoms with E-state index in [0.717, 1.165) is 12.8 Å². The van der Waals surface area contributed by atoms with Crippen molar-refractivity contribution in [1.29, 1.82) is 0 Å². The third-order valence-electron chi connectivity index (χ3n) is 5.57. The van der Waals surface area contributed by atoms with Crippen molar-refractivity contribution in [2.24, 2.45) is 0 Å². The van der Waals surface area contributed by atoms with E-state index in [4.69, 9.17) is 4.74 Å². The van der Waals surface area contributed by atoms with Crippen molar-refractivity contribution in [3.05, 3.63) is 48.0 Å². The molecular weight excluding hydrogens is 454 g/mol. The summed E-state index contributed by atoms with van der Waals surface area (Å²) >= 11 is 0. The number of rotatable bonds is 6. The summed E-state index contributed by atoms with van der Waals surface area (Å²) in [5, 5.41) is 2.52. The Hall–Kier alpha value is -2.63. The highest BCUT2D eigenvalue weighted by Gasteiger charge is 2.33. The van der Waals surface area contributed by atoms with Crippen LogP contribution in [0.1, 0.15) is 25.3 Å². The first-order chi connectivity index (χ1) is 15.2. The minimum absolute atomic E-state index is 0.0773. The summed E-state index contributed by atoms with van der Waals surface area (Å²) in [7, 11) is -7.41. The lowest BCUT2D eigenvalue weighted by molar-refractivity contribution is 0.168. The zero-order chi connectivity index (χ0) is 22.9. The molecule has 1 amide bonds. The summed E-state index contributed by atoms with van der Waals surface area (Å²) < 4.78 is 59.7. The maximum Gasteiger partial charge on any atom is 0.411 e. The fraction of sp³-hybridized carbons (Fsp3) is 0.381. The Morgan fingerprint density at radius 2 is 1.59 bits per heavy atom. The Morgan fingerprint density at radius 3 is 2.25 bits per heavy atom. The van der Waals surface area contributed by atoms with E-state index in [0.29, 0.717) is 36.4 Å². The molecule has 0 aromatic heterocycles. The van der Waals surface area contributed by atoms with Crippen LogP contribution in [0.2, 0.25) is 0 Å². The van der Waals surface area contributed by atoms with Crippen molar-refractivity contribution >= 4 is 37.5 Å². The van der Waals surface area contributed by atoms with E-state index in [1.165, 1.54) is 38.9 Å². The summed E-state index contributed by atoms with van der Waals surface area (Å²) in [6.45, 7) is 3.18. The van der Waals surface area contributed by atoms with Gasteiger partial charge < -0.3 is 4.74 Å². The molecule has 2 heterocycles. The lowest BCUT2D eigenvalue weighted by Gasteiger charge is -2.20. The van der Waals surface area contributed by atoms with Gasteiger partial charge in [-0.15, -0.1) is 0 Å². The van der Waals surface area contributed by atoms with E-state index in [2.05, 4.69) is 5.32 Å². The maximum atomic E-state index is 13.2. The van der Waals surface area contributed by atoms with Gasteiger partial charge >= 0.3 is 6.09 Å². The van der Waals surface area contributed by atoms with Gasteiger partial charge in [0.05, 0.1) is 22.1 Å². The molecule has 2 aromatic rings. The third-order valence-corrected chi connectivity index (χ3v) is 9.29. The lowest BCUT2D eigenvalue weighted by Crippen LogP contribution is -2.29. The number of anilines is 2. The molecule has 32 heavy (non-hydrogen) atoms. The average Bonchev–Trinajstić information content (AvgIpc) is 3.44. The van der Waals surface area contributed by atoms with Crippen molar-refractivity contribution in [3.63, 3.8) is 0 Å². The molecule has 0 unspecified atom stereocenters. The molecule has 2 aliphatic rings. The Kier molecular flexibility index (Phi) is 6.15. The molecule has 0 bridgehead atoms.